The van der Waals surface area contributed by atoms with Crippen LogP contribution < -0.4 is 5.32 Å². The van der Waals surface area contributed by atoms with Crippen LogP contribution in [0.5, 0.6) is 0 Å². The Morgan fingerprint density at radius 2 is 1.54 bits per heavy atom. The zero-order valence-corrected chi connectivity index (χ0v) is 19.5. The molecule has 4 aromatic carbocycles. The Bertz CT molecular complexity index is 1610. The summed E-state index contributed by atoms with van der Waals surface area (Å²) in [4.78, 5) is 13.4. The number of rotatable bonds is 5. The van der Waals surface area contributed by atoms with Crippen molar-refractivity contribution in [1.29, 1.82) is 0 Å². The second-order valence-corrected chi connectivity index (χ2v) is 9.03. The van der Waals surface area contributed by atoms with E-state index < -0.39 is 23.1 Å². The number of aromatic nitrogens is 2. The molecule has 1 amide bonds. The summed E-state index contributed by atoms with van der Waals surface area (Å²) in [5.74, 6) is -2.64. The average Bonchev–Trinajstić information content (AvgIpc) is 3.48. The van der Waals surface area contributed by atoms with Crippen LogP contribution in [0.15, 0.2) is 97.1 Å². The van der Waals surface area contributed by atoms with Crippen molar-refractivity contribution >= 4 is 11.6 Å². The molecule has 5 nitrogen and oxygen atoms in total. The van der Waals surface area contributed by atoms with Gasteiger partial charge < -0.3 is 10.4 Å². The lowest BCUT2D eigenvalue weighted by atomic mass is 9.84. The van der Waals surface area contributed by atoms with Gasteiger partial charge in [-0.2, -0.15) is 5.10 Å². The standard InChI is InChI=1S/C30H21F2N3O2/c31-22-15-21(16-23(32)17-22)30(37,29(36)33-24-7-2-1-3-8-24)20-12-10-18(11-13-20)27-26-14-19-6-4-5-9-25(19)28(26)35-34-27/h1-13,15-17,37H,14H2,(H,33,36)(H,34,35). The van der Waals surface area contributed by atoms with Gasteiger partial charge in [0, 0.05) is 40.4 Å². The fourth-order valence-electron chi connectivity index (χ4n) is 4.91. The Labute approximate surface area is 211 Å². The number of benzene rings is 4. The van der Waals surface area contributed by atoms with Gasteiger partial charge in [-0.05, 0) is 35.4 Å². The minimum atomic E-state index is -2.36. The van der Waals surface area contributed by atoms with Crippen molar-refractivity contribution in [3.63, 3.8) is 0 Å². The molecule has 0 aliphatic heterocycles. The van der Waals surface area contributed by atoms with E-state index >= 15 is 0 Å². The number of hydrogen-bond acceptors (Lipinski definition) is 3. The van der Waals surface area contributed by atoms with E-state index in [1.165, 1.54) is 5.56 Å². The quantitative estimate of drug-likeness (QED) is 0.284. The number of para-hydroxylation sites is 1. The molecule has 0 bridgehead atoms. The van der Waals surface area contributed by atoms with E-state index in [1.54, 1.807) is 54.6 Å². The van der Waals surface area contributed by atoms with Crippen LogP contribution in [0.2, 0.25) is 0 Å². The van der Waals surface area contributed by atoms with E-state index in [0.717, 1.165) is 46.6 Å². The van der Waals surface area contributed by atoms with Gasteiger partial charge in [-0.25, -0.2) is 8.78 Å². The molecule has 1 atom stereocenters. The summed E-state index contributed by atoms with van der Waals surface area (Å²) in [6.45, 7) is 0. The molecule has 182 valence electrons. The monoisotopic (exact) mass is 493 g/mol. The number of carbonyl (C=O) groups is 1. The van der Waals surface area contributed by atoms with E-state index in [2.05, 4.69) is 27.6 Å². The maximum absolute atomic E-state index is 14.2. The van der Waals surface area contributed by atoms with Crippen LogP contribution in [-0.4, -0.2) is 21.2 Å². The Hall–Kier alpha value is -4.62. The van der Waals surface area contributed by atoms with Gasteiger partial charge in [0.1, 0.15) is 11.6 Å². The second-order valence-electron chi connectivity index (χ2n) is 9.03. The fourth-order valence-corrected chi connectivity index (χ4v) is 4.91. The number of fused-ring (bicyclic) bond motifs is 3. The molecule has 0 saturated heterocycles. The molecule has 37 heavy (non-hydrogen) atoms. The highest BCUT2D eigenvalue weighted by molar-refractivity contribution is 6.00. The average molecular weight is 494 g/mol. The van der Waals surface area contributed by atoms with Crippen molar-refractivity contribution in [1.82, 2.24) is 10.2 Å². The molecule has 1 unspecified atom stereocenters. The van der Waals surface area contributed by atoms with E-state index in [4.69, 9.17) is 0 Å². The molecule has 0 radical (unpaired) electrons. The van der Waals surface area contributed by atoms with Gasteiger partial charge in [0.05, 0.1) is 11.4 Å². The minimum Gasteiger partial charge on any atom is -0.372 e. The predicted octanol–water partition coefficient (Wildman–Crippen LogP) is 5.80. The second kappa shape index (κ2) is 8.80. The molecule has 0 saturated carbocycles. The molecular formula is C30H21F2N3O2. The van der Waals surface area contributed by atoms with Crippen LogP contribution in [0.4, 0.5) is 14.5 Å². The van der Waals surface area contributed by atoms with Gasteiger partial charge >= 0.3 is 0 Å². The summed E-state index contributed by atoms with van der Waals surface area (Å²) < 4.78 is 28.3. The van der Waals surface area contributed by atoms with Gasteiger partial charge in [-0.1, -0.05) is 66.7 Å². The van der Waals surface area contributed by atoms with Crippen LogP contribution >= 0.6 is 0 Å². The SMILES string of the molecule is O=C(Nc1ccccc1)C(O)(c1ccc(-c2n[nH]c3c2Cc2ccccc2-3)cc1)c1cc(F)cc(F)c1. The number of halogens is 2. The minimum absolute atomic E-state index is 0.158. The van der Waals surface area contributed by atoms with E-state index in [1.807, 2.05) is 12.1 Å². The lowest BCUT2D eigenvalue weighted by molar-refractivity contribution is -0.131. The zero-order chi connectivity index (χ0) is 25.6. The molecule has 7 heteroatoms. The summed E-state index contributed by atoms with van der Waals surface area (Å²) in [6, 6.07) is 25.9. The molecule has 1 heterocycles. The Morgan fingerprint density at radius 1 is 0.865 bits per heavy atom. The molecule has 3 N–H and O–H groups in total. The van der Waals surface area contributed by atoms with Crippen LogP contribution in [0, 0.1) is 11.6 Å². The Morgan fingerprint density at radius 3 is 2.27 bits per heavy atom. The van der Waals surface area contributed by atoms with Gasteiger partial charge in [-0.15, -0.1) is 0 Å². The molecule has 0 fully saturated rings. The summed E-state index contributed by atoms with van der Waals surface area (Å²) in [5.41, 5.74) is 3.94. The third kappa shape index (κ3) is 3.90. The fraction of sp³-hybridized carbons (Fsp3) is 0.0667. The van der Waals surface area contributed by atoms with Crippen LogP contribution in [-0.2, 0) is 16.8 Å². The lowest BCUT2D eigenvalue weighted by Gasteiger charge is -2.28. The van der Waals surface area contributed by atoms with Crippen molar-refractivity contribution in [2.24, 2.45) is 0 Å². The number of nitrogens with one attached hydrogen (secondary N) is 2. The number of aromatic amines is 1. The summed E-state index contributed by atoms with van der Waals surface area (Å²) in [6.07, 6.45) is 0.741. The zero-order valence-electron chi connectivity index (χ0n) is 19.5. The number of carbonyl (C=O) groups excluding carboxylic acids is 1. The summed E-state index contributed by atoms with van der Waals surface area (Å²) in [5, 5.41) is 22.0. The first-order chi connectivity index (χ1) is 17.9. The predicted molar refractivity (Wildman–Crippen MR) is 137 cm³/mol. The number of hydrogen-bond donors (Lipinski definition) is 3. The molecule has 6 rings (SSSR count). The molecule has 1 aliphatic carbocycles. The van der Waals surface area contributed by atoms with Gasteiger partial charge in [0.15, 0.2) is 5.60 Å². The summed E-state index contributed by atoms with van der Waals surface area (Å²) in [7, 11) is 0. The van der Waals surface area contributed by atoms with Crippen LogP contribution in [0.1, 0.15) is 22.3 Å². The van der Waals surface area contributed by atoms with Crippen molar-refractivity contribution in [3.8, 4) is 22.5 Å². The maximum atomic E-state index is 14.2. The number of H-pyrrole nitrogens is 1. The first-order valence-electron chi connectivity index (χ1n) is 11.8. The first kappa shape index (κ1) is 22.8. The number of aliphatic hydroxyl groups is 1. The van der Waals surface area contributed by atoms with E-state index in [9.17, 15) is 18.7 Å². The molecular weight excluding hydrogens is 472 g/mol. The third-order valence-electron chi connectivity index (χ3n) is 6.74. The van der Waals surface area contributed by atoms with E-state index in [-0.39, 0.29) is 11.1 Å². The summed E-state index contributed by atoms with van der Waals surface area (Å²) >= 11 is 0. The van der Waals surface area contributed by atoms with Gasteiger partial charge in [0.25, 0.3) is 5.91 Å². The third-order valence-corrected chi connectivity index (χ3v) is 6.74. The molecule has 5 aromatic rings. The van der Waals surface area contributed by atoms with Crippen molar-refractivity contribution in [2.45, 2.75) is 12.0 Å². The highest BCUT2D eigenvalue weighted by Gasteiger charge is 2.41. The number of anilines is 1. The highest BCUT2D eigenvalue weighted by Crippen LogP contribution is 2.40. The molecule has 1 aromatic heterocycles. The maximum Gasteiger partial charge on any atom is 0.265 e. The lowest BCUT2D eigenvalue weighted by Crippen LogP contribution is -2.41. The first-order valence-corrected chi connectivity index (χ1v) is 11.8. The smallest absolute Gasteiger partial charge is 0.265 e. The van der Waals surface area contributed by atoms with E-state index in [0.29, 0.717) is 11.8 Å². The molecule has 1 aliphatic rings. The van der Waals surface area contributed by atoms with Crippen LogP contribution in [0.3, 0.4) is 0 Å². The Balaban J connectivity index is 1.40. The largest absolute Gasteiger partial charge is 0.372 e. The number of amides is 1. The topological polar surface area (TPSA) is 78.0 Å². The normalized spacial score (nSPS) is 13.5. The number of nitrogens with zero attached hydrogens (tertiary/aromatic N) is 1. The van der Waals surface area contributed by atoms with Crippen molar-refractivity contribution in [3.05, 3.63) is 131 Å². The van der Waals surface area contributed by atoms with Crippen molar-refractivity contribution < 1.29 is 18.7 Å². The molecule has 0 spiro atoms. The van der Waals surface area contributed by atoms with Crippen molar-refractivity contribution in [2.75, 3.05) is 5.32 Å². The highest BCUT2D eigenvalue weighted by atomic mass is 19.1. The Kier molecular flexibility index (Phi) is 5.43. The van der Waals surface area contributed by atoms with Gasteiger partial charge in [-0.3, -0.25) is 9.89 Å². The van der Waals surface area contributed by atoms with Crippen LogP contribution in [0.25, 0.3) is 22.5 Å². The van der Waals surface area contributed by atoms with Gasteiger partial charge in [0.2, 0.25) is 0 Å².